The number of fused-ring (bicyclic) bond motifs is 4. The molecule has 0 unspecified atom stereocenters. The summed E-state index contributed by atoms with van der Waals surface area (Å²) in [6, 6.07) is 9.68. The summed E-state index contributed by atoms with van der Waals surface area (Å²) in [7, 11) is 1.72. The molecule has 0 aliphatic carbocycles. The number of amides is 1. The molecule has 148 valence electrons. The Bertz CT molecular complexity index is 820. The monoisotopic (exact) mass is 380 g/mol. The summed E-state index contributed by atoms with van der Waals surface area (Å²) in [6.07, 6.45) is 8.20. The second kappa shape index (κ2) is 7.24. The summed E-state index contributed by atoms with van der Waals surface area (Å²) < 4.78 is 5.33. The maximum Gasteiger partial charge on any atom is 0.271 e. The van der Waals surface area contributed by atoms with Crippen LogP contribution in [0.25, 0.3) is 0 Å². The average molecular weight is 380 g/mol. The Labute approximate surface area is 165 Å². The molecule has 0 radical (unpaired) electrons. The normalized spacial score (nSPS) is 30.0. The van der Waals surface area contributed by atoms with Crippen molar-refractivity contribution in [3.8, 4) is 5.75 Å². The Kier molecular flexibility index (Phi) is 4.59. The van der Waals surface area contributed by atoms with Gasteiger partial charge in [0.15, 0.2) is 0 Å². The van der Waals surface area contributed by atoms with Crippen LogP contribution in [0.4, 0.5) is 0 Å². The molecular weight excluding hydrogens is 352 g/mol. The van der Waals surface area contributed by atoms with Crippen molar-refractivity contribution in [3.05, 3.63) is 48.0 Å². The molecule has 1 aromatic carbocycles. The highest BCUT2D eigenvalue weighted by Gasteiger charge is 2.45. The Morgan fingerprint density at radius 3 is 2.79 bits per heavy atom. The van der Waals surface area contributed by atoms with Crippen molar-refractivity contribution in [2.24, 2.45) is 11.8 Å². The number of rotatable bonds is 3. The molecule has 1 N–H and O–H groups in total. The molecule has 6 heteroatoms. The summed E-state index contributed by atoms with van der Waals surface area (Å²) in [6.45, 7) is 2.81. The Morgan fingerprint density at radius 1 is 1.18 bits per heavy atom. The smallest absolute Gasteiger partial charge is 0.271 e. The zero-order valence-corrected chi connectivity index (χ0v) is 16.4. The molecule has 0 saturated carbocycles. The van der Waals surface area contributed by atoms with E-state index in [1.54, 1.807) is 19.6 Å². The average Bonchev–Trinajstić information content (AvgIpc) is 3.28. The van der Waals surface area contributed by atoms with Gasteiger partial charge in [-0.25, -0.2) is 4.98 Å². The van der Waals surface area contributed by atoms with Crippen LogP contribution in [-0.2, 0) is 0 Å². The van der Waals surface area contributed by atoms with Gasteiger partial charge in [0.25, 0.3) is 5.91 Å². The topological polar surface area (TPSA) is 61.5 Å². The number of piperidine rings is 3. The van der Waals surface area contributed by atoms with Crippen molar-refractivity contribution in [2.75, 3.05) is 26.7 Å². The Morgan fingerprint density at radius 2 is 2.04 bits per heavy atom. The number of ether oxygens (including phenoxy) is 1. The SMILES string of the molecule is COc1ccc([C@H]2CCC[C@H]3[C@@H]4C[C@@H](CN(C(=O)c5cnc[nH]5)C4)CN23)cc1. The van der Waals surface area contributed by atoms with E-state index in [4.69, 9.17) is 4.74 Å². The van der Waals surface area contributed by atoms with Crippen LogP contribution < -0.4 is 4.74 Å². The van der Waals surface area contributed by atoms with Crippen LogP contribution in [0, 0.1) is 11.8 Å². The van der Waals surface area contributed by atoms with Crippen molar-refractivity contribution in [3.63, 3.8) is 0 Å². The second-order valence-electron chi connectivity index (χ2n) is 8.52. The molecule has 4 heterocycles. The molecule has 5 rings (SSSR count). The van der Waals surface area contributed by atoms with Crippen molar-refractivity contribution in [1.29, 1.82) is 0 Å². The molecule has 6 nitrogen and oxygen atoms in total. The van der Waals surface area contributed by atoms with Gasteiger partial charge >= 0.3 is 0 Å². The first kappa shape index (κ1) is 17.7. The van der Waals surface area contributed by atoms with E-state index in [2.05, 4.69) is 44.0 Å². The van der Waals surface area contributed by atoms with Gasteiger partial charge in [0.2, 0.25) is 0 Å². The molecule has 3 fully saturated rings. The van der Waals surface area contributed by atoms with Crippen LogP contribution in [0.15, 0.2) is 36.8 Å². The first-order chi connectivity index (χ1) is 13.7. The largest absolute Gasteiger partial charge is 0.497 e. The number of hydrogen-bond acceptors (Lipinski definition) is 4. The number of aromatic nitrogens is 2. The minimum Gasteiger partial charge on any atom is -0.497 e. The van der Waals surface area contributed by atoms with E-state index < -0.39 is 0 Å². The molecule has 3 saturated heterocycles. The fourth-order valence-corrected chi connectivity index (χ4v) is 5.70. The van der Waals surface area contributed by atoms with Gasteiger partial charge in [0.05, 0.1) is 19.6 Å². The summed E-state index contributed by atoms with van der Waals surface area (Å²) in [4.78, 5) is 24.6. The molecule has 2 aromatic rings. The molecule has 2 bridgehead atoms. The molecule has 4 atom stereocenters. The lowest BCUT2D eigenvalue weighted by molar-refractivity contribution is -0.0512. The minimum absolute atomic E-state index is 0.100. The minimum atomic E-state index is 0.100. The predicted molar refractivity (Wildman–Crippen MR) is 106 cm³/mol. The van der Waals surface area contributed by atoms with Gasteiger partial charge in [0, 0.05) is 31.7 Å². The highest BCUT2D eigenvalue weighted by molar-refractivity contribution is 5.92. The van der Waals surface area contributed by atoms with Gasteiger partial charge < -0.3 is 14.6 Å². The number of nitrogens with zero attached hydrogens (tertiary/aromatic N) is 3. The number of aromatic amines is 1. The third-order valence-corrected chi connectivity index (χ3v) is 6.90. The van der Waals surface area contributed by atoms with Gasteiger partial charge in [-0.05, 0) is 55.2 Å². The zero-order chi connectivity index (χ0) is 19.1. The van der Waals surface area contributed by atoms with Gasteiger partial charge in [0.1, 0.15) is 11.4 Å². The fourth-order valence-electron chi connectivity index (χ4n) is 5.70. The molecule has 28 heavy (non-hydrogen) atoms. The number of benzene rings is 1. The van der Waals surface area contributed by atoms with E-state index in [0.29, 0.717) is 29.6 Å². The van der Waals surface area contributed by atoms with E-state index in [1.807, 2.05) is 0 Å². The number of likely N-dealkylation sites (tertiary alicyclic amines) is 1. The van der Waals surface area contributed by atoms with Crippen molar-refractivity contribution < 1.29 is 9.53 Å². The van der Waals surface area contributed by atoms with Crippen LogP contribution in [0.2, 0.25) is 0 Å². The molecule has 3 aliphatic rings. The molecule has 1 amide bonds. The third-order valence-electron chi connectivity index (χ3n) is 6.90. The van der Waals surface area contributed by atoms with Crippen molar-refractivity contribution in [2.45, 2.75) is 37.8 Å². The lowest BCUT2D eigenvalue weighted by Gasteiger charge is -2.55. The number of H-pyrrole nitrogens is 1. The van der Waals surface area contributed by atoms with E-state index in [0.717, 1.165) is 25.4 Å². The maximum absolute atomic E-state index is 12.8. The number of carbonyl (C=O) groups is 1. The Balaban J connectivity index is 1.35. The fraction of sp³-hybridized carbons (Fsp3) is 0.545. The second-order valence-corrected chi connectivity index (χ2v) is 8.52. The van der Waals surface area contributed by atoms with E-state index in [1.165, 1.54) is 31.2 Å². The number of imidazole rings is 1. The first-order valence-corrected chi connectivity index (χ1v) is 10.4. The highest BCUT2D eigenvalue weighted by Crippen LogP contribution is 2.44. The standard InChI is InChI=1S/C22H28N4O2/c1-28-18-7-5-16(6-8-18)20-3-2-4-21-17-9-15(12-26(20)21)11-25(13-17)22(27)19-10-23-14-24-19/h5-8,10,14-15,17,20-21H,2-4,9,11-13H2,1H3,(H,23,24)/t15-,17+,20+,21-/m0/s1. The zero-order valence-electron chi connectivity index (χ0n) is 16.4. The third kappa shape index (κ3) is 3.09. The predicted octanol–water partition coefficient (Wildman–Crippen LogP) is 3.11. The molecular formula is C22H28N4O2. The van der Waals surface area contributed by atoms with Gasteiger partial charge in [-0.3, -0.25) is 9.69 Å². The van der Waals surface area contributed by atoms with Crippen LogP contribution in [0.3, 0.4) is 0 Å². The van der Waals surface area contributed by atoms with E-state index in [9.17, 15) is 4.79 Å². The lowest BCUT2D eigenvalue weighted by Crippen LogP contribution is -2.60. The van der Waals surface area contributed by atoms with Crippen molar-refractivity contribution >= 4 is 5.91 Å². The van der Waals surface area contributed by atoms with Gasteiger partial charge in [-0.1, -0.05) is 12.1 Å². The first-order valence-electron chi connectivity index (χ1n) is 10.4. The summed E-state index contributed by atoms with van der Waals surface area (Å²) >= 11 is 0. The van der Waals surface area contributed by atoms with Gasteiger partial charge in [-0.2, -0.15) is 0 Å². The van der Waals surface area contributed by atoms with Crippen LogP contribution in [0.5, 0.6) is 5.75 Å². The number of nitrogens with one attached hydrogen (secondary N) is 1. The summed E-state index contributed by atoms with van der Waals surface area (Å²) in [5.41, 5.74) is 2.01. The summed E-state index contributed by atoms with van der Waals surface area (Å²) in [5.74, 6) is 2.14. The van der Waals surface area contributed by atoms with Gasteiger partial charge in [-0.15, -0.1) is 0 Å². The van der Waals surface area contributed by atoms with Crippen LogP contribution in [-0.4, -0.2) is 58.5 Å². The highest BCUT2D eigenvalue weighted by atomic mass is 16.5. The maximum atomic E-state index is 12.8. The van der Waals surface area contributed by atoms with Crippen LogP contribution in [0.1, 0.15) is 47.8 Å². The number of hydrogen-bond donors (Lipinski definition) is 1. The van der Waals surface area contributed by atoms with Crippen molar-refractivity contribution in [1.82, 2.24) is 19.8 Å². The Hall–Kier alpha value is -2.34. The molecule has 0 spiro atoms. The lowest BCUT2D eigenvalue weighted by atomic mass is 9.74. The summed E-state index contributed by atoms with van der Waals surface area (Å²) in [5, 5.41) is 0. The van der Waals surface area contributed by atoms with Crippen LogP contribution >= 0.6 is 0 Å². The quantitative estimate of drug-likeness (QED) is 0.889. The van der Waals surface area contributed by atoms with E-state index >= 15 is 0 Å². The molecule has 1 aromatic heterocycles. The molecule has 3 aliphatic heterocycles. The van der Waals surface area contributed by atoms with E-state index in [-0.39, 0.29) is 5.91 Å². The number of carbonyl (C=O) groups excluding carboxylic acids is 1. The number of methoxy groups -OCH3 is 1.